The summed E-state index contributed by atoms with van der Waals surface area (Å²) in [5.41, 5.74) is -3.19. The molecular weight excluding hydrogens is 508 g/mol. The topological polar surface area (TPSA) is 119 Å². The third-order valence-corrected chi connectivity index (χ3v) is 10.0. The summed E-state index contributed by atoms with van der Waals surface area (Å²) in [5, 5.41) is 0. The van der Waals surface area contributed by atoms with Crippen molar-refractivity contribution in [2.75, 3.05) is 0 Å². The van der Waals surface area contributed by atoms with E-state index in [1.807, 2.05) is 0 Å². The maximum Gasteiger partial charge on any atom is 0.159 e. The van der Waals surface area contributed by atoms with Crippen molar-refractivity contribution in [2.24, 2.45) is 46.3 Å². The standard InChI is InChI=1S/C33H50O7/c1-19-9-11-25(34)21(3)13-15-32(7,29(38)23(5)17-27(19)36)31(40)33(8)16-14-22(4)26(35)12-10-20(2)28(37)18-24(6)30(33)39/h19-24H,9-18H2,1-8H3. The van der Waals surface area contributed by atoms with Crippen molar-refractivity contribution in [1.82, 2.24) is 0 Å². The Kier molecular flexibility index (Phi) is 11.5. The van der Waals surface area contributed by atoms with Crippen molar-refractivity contribution in [3.63, 3.8) is 0 Å². The first-order valence-electron chi connectivity index (χ1n) is 15.2. The molecule has 2 aliphatic carbocycles. The van der Waals surface area contributed by atoms with E-state index >= 15 is 0 Å². The number of ketones is 7. The van der Waals surface area contributed by atoms with Crippen LogP contribution in [-0.4, -0.2) is 40.5 Å². The minimum Gasteiger partial charge on any atom is -0.299 e. The highest BCUT2D eigenvalue weighted by Gasteiger charge is 2.54. The third kappa shape index (κ3) is 7.50. The number of carbonyl (C=O) groups excluding carboxylic acids is 7. The van der Waals surface area contributed by atoms with Gasteiger partial charge in [0.05, 0.1) is 10.8 Å². The molecule has 2 fully saturated rings. The van der Waals surface area contributed by atoms with Gasteiger partial charge in [-0.15, -0.1) is 0 Å². The zero-order valence-electron chi connectivity index (χ0n) is 25.9. The van der Waals surface area contributed by atoms with E-state index in [0.717, 1.165) is 0 Å². The molecule has 0 aliphatic heterocycles. The zero-order valence-corrected chi connectivity index (χ0v) is 25.9. The predicted molar refractivity (Wildman–Crippen MR) is 152 cm³/mol. The SMILES string of the molecule is CC1CCC(C)(C(=O)C2(C)CCC(C)C(=O)CCC(C)C(=O)CC(C)C2=O)C(=O)C(C)CC(=O)C(C)CCC1=O. The van der Waals surface area contributed by atoms with Crippen molar-refractivity contribution in [1.29, 1.82) is 0 Å². The molecule has 0 aromatic heterocycles. The van der Waals surface area contributed by atoms with Gasteiger partial charge in [-0.2, -0.15) is 0 Å². The van der Waals surface area contributed by atoms with Crippen LogP contribution < -0.4 is 0 Å². The van der Waals surface area contributed by atoms with Crippen molar-refractivity contribution >= 4 is 40.5 Å². The molecule has 0 amide bonds. The summed E-state index contributed by atoms with van der Waals surface area (Å²) in [4.78, 5) is 94.1. The maximum absolute atomic E-state index is 14.6. The van der Waals surface area contributed by atoms with Crippen molar-refractivity contribution in [3.8, 4) is 0 Å². The fourth-order valence-corrected chi connectivity index (χ4v) is 6.45. The van der Waals surface area contributed by atoms with E-state index in [9.17, 15) is 33.6 Å². The largest absolute Gasteiger partial charge is 0.299 e. The number of rotatable bonds is 2. The molecule has 2 rings (SSSR count). The minimum absolute atomic E-state index is 0.00240. The lowest BCUT2D eigenvalue weighted by molar-refractivity contribution is -0.156. The first-order chi connectivity index (χ1) is 18.4. The fraction of sp³-hybridized carbons (Fsp3) is 0.788. The lowest BCUT2D eigenvalue weighted by atomic mass is 9.59. The molecule has 7 heteroatoms. The third-order valence-electron chi connectivity index (χ3n) is 10.0. The van der Waals surface area contributed by atoms with E-state index in [2.05, 4.69) is 0 Å². The van der Waals surface area contributed by atoms with Gasteiger partial charge in [-0.25, -0.2) is 0 Å². The normalized spacial score (nSPS) is 38.6. The molecule has 40 heavy (non-hydrogen) atoms. The molecule has 8 atom stereocenters. The summed E-state index contributed by atoms with van der Waals surface area (Å²) >= 11 is 0. The first kappa shape index (κ1) is 33.9. The van der Waals surface area contributed by atoms with Crippen LogP contribution in [-0.2, 0) is 33.6 Å². The molecule has 224 valence electrons. The molecular formula is C33H50O7. The number of carbonyl (C=O) groups is 7. The second-order valence-electron chi connectivity index (χ2n) is 13.6. The lowest BCUT2D eigenvalue weighted by Crippen LogP contribution is -2.52. The molecule has 7 nitrogen and oxygen atoms in total. The van der Waals surface area contributed by atoms with E-state index in [1.54, 1.807) is 55.4 Å². The highest BCUT2D eigenvalue weighted by molar-refractivity contribution is 6.18. The number of Topliss-reactive ketones (excluding diaryl/α,β-unsaturated/α-hetero) is 7. The van der Waals surface area contributed by atoms with E-state index in [-0.39, 0.29) is 85.1 Å². The van der Waals surface area contributed by atoms with Crippen LogP contribution in [0.1, 0.15) is 120 Å². The highest BCUT2D eigenvalue weighted by Crippen LogP contribution is 2.44. The smallest absolute Gasteiger partial charge is 0.159 e. The monoisotopic (exact) mass is 558 g/mol. The lowest BCUT2D eigenvalue weighted by Gasteiger charge is -2.40. The zero-order chi connectivity index (χ0) is 30.6. The van der Waals surface area contributed by atoms with Gasteiger partial charge in [0, 0.05) is 61.2 Å². The Morgan fingerprint density at radius 2 is 0.800 bits per heavy atom. The molecule has 2 saturated carbocycles. The molecule has 0 spiro atoms. The van der Waals surface area contributed by atoms with Gasteiger partial charge in [-0.1, -0.05) is 41.5 Å². The molecule has 0 N–H and O–H groups in total. The number of hydrogen-bond acceptors (Lipinski definition) is 7. The molecule has 0 heterocycles. The van der Waals surface area contributed by atoms with Crippen LogP contribution in [0, 0.1) is 46.3 Å². The molecule has 0 aromatic carbocycles. The van der Waals surface area contributed by atoms with Crippen LogP contribution in [0.15, 0.2) is 0 Å². The summed E-state index contributed by atoms with van der Waals surface area (Å²) in [5.74, 6) is -4.50. The van der Waals surface area contributed by atoms with Crippen molar-refractivity contribution in [2.45, 2.75) is 120 Å². The average molecular weight is 559 g/mol. The summed E-state index contributed by atoms with van der Waals surface area (Å²) in [6.07, 6.45) is 2.19. The molecule has 0 aromatic rings. The van der Waals surface area contributed by atoms with Gasteiger partial charge in [-0.05, 0) is 52.4 Å². The van der Waals surface area contributed by atoms with Crippen LogP contribution in [0.4, 0.5) is 0 Å². The average Bonchev–Trinajstić information content (AvgIpc) is 2.92. The van der Waals surface area contributed by atoms with E-state index in [4.69, 9.17) is 0 Å². The van der Waals surface area contributed by atoms with Crippen molar-refractivity contribution in [3.05, 3.63) is 0 Å². The predicted octanol–water partition coefficient (Wildman–Crippen LogP) is 5.73. The molecule has 8 unspecified atom stereocenters. The van der Waals surface area contributed by atoms with Crippen LogP contribution in [0.3, 0.4) is 0 Å². The molecule has 0 radical (unpaired) electrons. The summed E-state index contributed by atoms with van der Waals surface area (Å²) in [6, 6.07) is 0. The Bertz CT molecular complexity index is 961. The van der Waals surface area contributed by atoms with E-state index in [0.29, 0.717) is 25.7 Å². The van der Waals surface area contributed by atoms with Crippen molar-refractivity contribution < 1.29 is 33.6 Å². The number of hydrogen-bond donors (Lipinski definition) is 0. The van der Waals surface area contributed by atoms with Crippen LogP contribution >= 0.6 is 0 Å². The van der Waals surface area contributed by atoms with E-state index in [1.165, 1.54) is 0 Å². The van der Waals surface area contributed by atoms with Crippen LogP contribution in [0.5, 0.6) is 0 Å². The quantitative estimate of drug-likeness (QED) is 0.397. The second kappa shape index (κ2) is 13.6. The van der Waals surface area contributed by atoms with Crippen LogP contribution in [0.25, 0.3) is 0 Å². The van der Waals surface area contributed by atoms with Crippen LogP contribution in [0.2, 0.25) is 0 Å². The van der Waals surface area contributed by atoms with Gasteiger partial charge in [0.15, 0.2) is 5.78 Å². The Labute approximate surface area is 240 Å². The molecule has 0 saturated heterocycles. The molecule has 2 aliphatic rings. The summed E-state index contributed by atoms with van der Waals surface area (Å²) in [6.45, 7) is 13.5. The Morgan fingerprint density at radius 3 is 1.12 bits per heavy atom. The van der Waals surface area contributed by atoms with Gasteiger partial charge >= 0.3 is 0 Å². The highest BCUT2D eigenvalue weighted by atomic mass is 16.2. The Balaban J connectivity index is 2.58. The first-order valence-corrected chi connectivity index (χ1v) is 15.2. The van der Waals surface area contributed by atoms with E-state index < -0.39 is 40.3 Å². The Hall–Kier alpha value is -2.31. The fourth-order valence-electron chi connectivity index (χ4n) is 6.45. The van der Waals surface area contributed by atoms with Gasteiger partial charge in [-0.3, -0.25) is 33.6 Å². The Morgan fingerprint density at radius 1 is 0.500 bits per heavy atom. The minimum atomic E-state index is -1.59. The maximum atomic E-state index is 14.6. The second-order valence-corrected chi connectivity index (χ2v) is 13.6. The van der Waals surface area contributed by atoms with Gasteiger partial charge in [0.25, 0.3) is 0 Å². The van der Waals surface area contributed by atoms with Gasteiger partial charge in [0.2, 0.25) is 0 Å². The molecule has 0 bridgehead atoms. The summed E-state index contributed by atoms with van der Waals surface area (Å²) in [7, 11) is 0. The van der Waals surface area contributed by atoms with Gasteiger partial charge in [0.1, 0.15) is 34.7 Å². The van der Waals surface area contributed by atoms with Gasteiger partial charge < -0.3 is 0 Å². The summed E-state index contributed by atoms with van der Waals surface area (Å²) < 4.78 is 0.